The van der Waals surface area contributed by atoms with Gasteiger partial charge in [0.1, 0.15) is 5.82 Å². The van der Waals surface area contributed by atoms with Gasteiger partial charge in [-0.05, 0) is 45.1 Å². The number of carbonyl (C=O) groups is 1. The van der Waals surface area contributed by atoms with Crippen molar-refractivity contribution in [1.29, 1.82) is 0 Å². The Kier molecular flexibility index (Phi) is 6.45. The summed E-state index contributed by atoms with van der Waals surface area (Å²) in [6.07, 6.45) is 0.944. The summed E-state index contributed by atoms with van der Waals surface area (Å²) in [6, 6.07) is 3.65. The van der Waals surface area contributed by atoms with Gasteiger partial charge >= 0.3 is 0 Å². The molecule has 0 bridgehead atoms. The van der Waals surface area contributed by atoms with Gasteiger partial charge in [-0.1, -0.05) is 13.8 Å². The highest BCUT2D eigenvalue weighted by molar-refractivity contribution is 5.95. The van der Waals surface area contributed by atoms with E-state index in [-0.39, 0.29) is 5.91 Å². The number of pyridine rings is 1. The summed E-state index contributed by atoms with van der Waals surface area (Å²) in [6.45, 7) is 5.79. The number of nitrogens with zero attached hydrogens (tertiary/aromatic N) is 2. The van der Waals surface area contributed by atoms with E-state index < -0.39 is 0 Å². The van der Waals surface area contributed by atoms with Crippen molar-refractivity contribution in [3.8, 4) is 0 Å². The van der Waals surface area contributed by atoms with E-state index in [0.717, 1.165) is 24.5 Å². The minimum absolute atomic E-state index is 0.0374. The van der Waals surface area contributed by atoms with Crippen molar-refractivity contribution in [3.63, 3.8) is 0 Å². The first-order valence-electron chi connectivity index (χ1n) is 7.06. The maximum Gasteiger partial charge on any atom is 0.251 e. The van der Waals surface area contributed by atoms with Crippen LogP contribution in [0.15, 0.2) is 12.1 Å². The monoisotopic (exact) mass is 278 g/mol. The molecule has 5 heteroatoms. The van der Waals surface area contributed by atoms with Crippen LogP contribution in [0.5, 0.6) is 0 Å². The molecule has 1 heterocycles. The fourth-order valence-corrected chi connectivity index (χ4v) is 1.81. The molecular formula is C15H26N4O. The summed E-state index contributed by atoms with van der Waals surface area (Å²) in [5.41, 5.74) is 1.59. The molecule has 0 saturated heterocycles. The van der Waals surface area contributed by atoms with Crippen LogP contribution in [-0.4, -0.2) is 50.0 Å². The quantitative estimate of drug-likeness (QED) is 0.748. The Morgan fingerprint density at radius 3 is 2.60 bits per heavy atom. The number of rotatable bonds is 7. The molecule has 20 heavy (non-hydrogen) atoms. The van der Waals surface area contributed by atoms with Crippen LogP contribution >= 0.6 is 0 Å². The van der Waals surface area contributed by atoms with Gasteiger partial charge in [0.2, 0.25) is 0 Å². The molecule has 2 N–H and O–H groups in total. The van der Waals surface area contributed by atoms with E-state index in [4.69, 9.17) is 0 Å². The number of carbonyl (C=O) groups excluding carboxylic acids is 1. The largest absolute Gasteiger partial charge is 0.373 e. The Labute approximate surface area is 121 Å². The molecule has 1 aromatic rings. The molecule has 1 aromatic heterocycles. The summed E-state index contributed by atoms with van der Waals surface area (Å²) in [4.78, 5) is 18.7. The summed E-state index contributed by atoms with van der Waals surface area (Å²) in [5.74, 6) is 0.989. The predicted octanol–water partition coefficient (Wildman–Crippen LogP) is 1.93. The van der Waals surface area contributed by atoms with E-state index in [1.54, 1.807) is 6.07 Å². The van der Waals surface area contributed by atoms with Gasteiger partial charge in [0.05, 0.1) is 0 Å². The first-order valence-corrected chi connectivity index (χ1v) is 7.06. The van der Waals surface area contributed by atoms with E-state index in [1.165, 1.54) is 0 Å². The zero-order valence-electron chi connectivity index (χ0n) is 13.2. The van der Waals surface area contributed by atoms with Crippen LogP contribution in [0, 0.1) is 0 Å². The van der Waals surface area contributed by atoms with Crippen molar-refractivity contribution in [2.45, 2.75) is 26.2 Å². The average molecular weight is 278 g/mol. The lowest BCUT2D eigenvalue weighted by Gasteiger charge is -2.12. The molecule has 0 aliphatic heterocycles. The highest BCUT2D eigenvalue weighted by Gasteiger charge is 2.11. The van der Waals surface area contributed by atoms with Gasteiger partial charge in [-0.25, -0.2) is 4.98 Å². The Morgan fingerprint density at radius 1 is 1.35 bits per heavy atom. The highest BCUT2D eigenvalue weighted by atomic mass is 16.1. The third kappa shape index (κ3) is 5.17. The molecule has 0 aromatic carbocycles. The maximum atomic E-state index is 12.2. The van der Waals surface area contributed by atoms with Crippen LogP contribution in [0.2, 0.25) is 0 Å². The highest BCUT2D eigenvalue weighted by Crippen LogP contribution is 2.17. The fourth-order valence-electron chi connectivity index (χ4n) is 1.81. The zero-order valence-corrected chi connectivity index (χ0v) is 13.2. The first kappa shape index (κ1) is 16.4. The van der Waals surface area contributed by atoms with Crippen LogP contribution in [0.4, 0.5) is 5.82 Å². The minimum atomic E-state index is -0.0374. The molecule has 0 saturated carbocycles. The third-order valence-electron chi connectivity index (χ3n) is 3.02. The second kappa shape index (κ2) is 7.85. The van der Waals surface area contributed by atoms with Crippen LogP contribution in [0.1, 0.15) is 42.2 Å². The Morgan fingerprint density at radius 2 is 2.05 bits per heavy atom. The SMILES string of the molecule is CNc1cc(C(=O)NCCCN(C)C)cc(C(C)C)n1. The van der Waals surface area contributed by atoms with Gasteiger partial charge < -0.3 is 15.5 Å². The summed E-state index contributed by atoms with van der Waals surface area (Å²) in [5, 5.41) is 5.95. The number of aromatic nitrogens is 1. The topological polar surface area (TPSA) is 57.3 Å². The number of amides is 1. The van der Waals surface area contributed by atoms with Crippen LogP contribution in [0.3, 0.4) is 0 Å². The predicted molar refractivity (Wildman–Crippen MR) is 83.4 cm³/mol. The fraction of sp³-hybridized carbons (Fsp3) is 0.600. The molecule has 0 atom stereocenters. The second-order valence-electron chi connectivity index (χ2n) is 5.48. The normalized spacial score (nSPS) is 10.9. The van der Waals surface area contributed by atoms with Crippen LogP contribution in [0.25, 0.3) is 0 Å². The number of hydrogen-bond acceptors (Lipinski definition) is 4. The maximum absolute atomic E-state index is 12.2. The summed E-state index contributed by atoms with van der Waals surface area (Å²) < 4.78 is 0. The van der Waals surface area contributed by atoms with E-state index in [2.05, 4.69) is 34.4 Å². The van der Waals surface area contributed by atoms with Crippen LogP contribution in [-0.2, 0) is 0 Å². The summed E-state index contributed by atoms with van der Waals surface area (Å²) in [7, 11) is 5.86. The molecule has 1 rings (SSSR count). The first-order chi connectivity index (χ1) is 9.43. The van der Waals surface area contributed by atoms with Gasteiger partial charge in [0.25, 0.3) is 5.91 Å². The standard InChI is InChI=1S/C15H26N4O/c1-11(2)13-9-12(10-14(16-3)18-13)15(20)17-7-6-8-19(4)5/h9-11H,6-8H2,1-5H3,(H,16,18)(H,17,20). The molecule has 0 radical (unpaired) electrons. The summed E-state index contributed by atoms with van der Waals surface area (Å²) >= 11 is 0. The van der Waals surface area contributed by atoms with E-state index >= 15 is 0 Å². The van der Waals surface area contributed by atoms with Crippen molar-refractivity contribution in [2.75, 3.05) is 39.5 Å². The number of anilines is 1. The van der Waals surface area contributed by atoms with E-state index in [0.29, 0.717) is 18.0 Å². The minimum Gasteiger partial charge on any atom is -0.373 e. The van der Waals surface area contributed by atoms with Gasteiger partial charge in [-0.2, -0.15) is 0 Å². The second-order valence-corrected chi connectivity index (χ2v) is 5.48. The van der Waals surface area contributed by atoms with Crippen molar-refractivity contribution < 1.29 is 4.79 Å². The zero-order chi connectivity index (χ0) is 15.1. The van der Waals surface area contributed by atoms with Gasteiger partial charge in [0, 0.05) is 24.8 Å². The lowest BCUT2D eigenvalue weighted by molar-refractivity contribution is 0.0952. The Bertz CT molecular complexity index is 443. The van der Waals surface area contributed by atoms with E-state index in [1.807, 2.05) is 27.2 Å². The van der Waals surface area contributed by atoms with Crippen molar-refractivity contribution in [3.05, 3.63) is 23.4 Å². The lowest BCUT2D eigenvalue weighted by Crippen LogP contribution is -2.27. The molecule has 0 aliphatic rings. The number of hydrogen-bond donors (Lipinski definition) is 2. The Hall–Kier alpha value is -1.62. The lowest BCUT2D eigenvalue weighted by atomic mass is 10.1. The van der Waals surface area contributed by atoms with Gasteiger partial charge in [-0.15, -0.1) is 0 Å². The molecule has 0 fully saturated rings. The van der Waals surface area contributed by atoms with Crippen molar-refractivity contribution >= 4 is 11.7 Å². The molecule has 0 aliphatic carbocycles. The average Bonchev–Trinajstić information content (AvgIpc) is 2.42. The smallest absolute Gasteiger partial charge is 0.251 e. The van der Waals surface area contributed by atoms with Crippen molar-refractivity contribution in [1.82, 2.24) is 15.2 Å². The number of nitrogens with one attached hydrogen (secondary N) is 2. The van der Waals surface area contributed by atoms with E-state index in [9.17, 15) is 4.79 Å². The Balaban J connectivity index is 2.69. The third-order valence-corrected chi connectivity index (χ3v) is 3.02. The molecule has 0 unspecified atom stereocenters. The molecular weight excluding hydrogens is 252 g/mol. The van der Waals surface area contributed by atoms with Crippen LogP contribution < -0.4 is 10.6 Å². The van der Waals surface area contributed by atoms with Gasteiger partial charge in [0.15, 0.2) is 0 Å². The molecule has 5 nitrogen and oxygen atoms in total. The molecule has 0 spiro atoms. The van der Waals surface area contributed by atoms with Crippen molar-refractivity contribution in [2.24, 2.45) is 0 Å². The van der Waals surface area contributed by atoms with Gasteiger partial charge in [-0.3, -0.25) is 4.79 Å². The molecule has 112 valence electrons. The molecule has 1 amide bonds.